The van der Waals surface area contributed by atoms with Crippen molar-refractivity contribution < 1.29 is 9.47 Å². The number of ether oxygens (including phenoxy) is 2. The normalized spacial score (nSPS) is 10.8. The molecular weight excluding hydrogens is 358 g/mol. The van der Waals surface area contributed by atoms with E-state index in [4.69, 9.17) is 21.1 Å². The van der Waals surface area contributed by atoms with Crippen LogP contribution in [-0.4, -0.2) is 13.7 Å². The summed E-state index contributed by atoms with van der Waals surface area (Å²) in [7, 11) is 1.65. The topological polar surface area (TPSA) is 30.5 Å². The molecule has 2 aromatic carbocycles. The second-order valence-electron chi connectivity index (χ2n) is 6.83. The Kier molecular flexibility index (Phi) is 10.1. The van der Waals surface area contributed by atoms with Crippen LogP contribution in [-0.2, 0) is 13.2 Å². The fraction of sp³-hybridized carbons (Fsp3) is 0.478. The summed E-state index contributed by atoms with van der Waals surface area (Å²) in [6.45, 7) is 4.52. The summed E-state index contributed by atoms with van der Waals surface area (Å²) >= 11 is 6.46. The zero-order chi connectivity index (χ0) is 19.3. The number of hydrogen-bond acceptors (Lipinski definition) is 3. The molecule has 0 spiro atoms. The van der Waals surface area contributed by atoms with E-state index >= 15 is 0 Å². The molecule has 0 saturated heterocycles. The number of rotatable bonds is 13. The van der Waals surface area contributed by atoms with Gasteiger partial charge in [-0.3, -0.25) is 0 Å². The maximum Gasteiger partial charge on any atom is 0.180 e. The van der Waals surface area contributed by atoms with E-state index in [1.165, 1.54) is 38.5 Å². The number of benzene rings is 2. The Morgan fingerprint density at radius 2 is 1.67 bits per heavy atom. The van der Waals surface area contributed by atoms with Crippen LogP contribution in [0.5, 0.6) is 11.5 Å². The summed E-state index contributed by atoms with van der Waals surface area (Å²) in [5, 5.41) is 4.08. The van der Waals surface area contributed by atoms with Crippen molar-refractivity contribution in [3.05, 3.63) is 58.6 Å². The van der Waals surface area contributed by atoms with E-state index in [1.807, 2.05) is 42.5 Å². The number of nitrogens with one attached hydrogen (secondary N) is 1. The Hall–Kier alpha value is -1.71. The molecule has 1 N–H and O–H groups in total. The molecule has 4 heteroatoms. The van der Waals surface area contributed by atoms with E-state index in [-0.39, 0.29) is 0 Å². The van der Waals surface area contributed by atoms with Gasteiger partial charge in [0.25, 0.3) is 0 Å². The first-order valence-electron chi connectivity index (χ1n) is 9.98. The summed E-state index contributed by atoms with van der Waals surface area (Å²) in [6.07, 6.45) is 7.85. The summed E-state index contributed by atoms with van der Waals surface area (Å²) in [5.41, 5.74) is 2.20. The highest BCUT2D eigenvalue weighted by atomic mass is 35.5. The van der Waals surface area contributed by atoms with Crippen LogP contribution in [0.4, 0.5) is 0 Å². The maximum absolute atomic E-state index is 6.46. The molecule has 3 nitrogen and oxygen atoms in total. The van der Waals surface area contributed by atoms with Crippen LogP contribution in [0.15, 0.2) is 42.5 Å². The van der Waals surface area contributed by atoms with Crippen LogP contribution in [0, 0.1) is 0 Å². The van der Waals surface area contributed by atoms with Gasteiger partial charge in [-0.2, -0.15) is 0 Å². The smallest absolute Gasteiger partial charge is 0.180 e. The molecule has 2 rings (SSSR count). The SMILES string of the molecule is CCCCCCCCNCc1cc(Cl)c(OCc2ccccc2)c(OC)c1. The van der Waals surface area contributed by atoms with Gasteiger partial charge in [-0.1, -0.05) is 81.0 Å². The lowest BCUT2D eigenvalue weighted by Gasteiger charge is -2.15. The predicted molar refractivity (Wildman–Crippen MR) is 114 cm³/mol. The van der Waals surface area contributed by atoms with Gasteiger partial charge in [0.15, 0.2) is 11.5 Å². The Morgan fingerprint density at radius 1 is 0.926 bits per heavy atom. The number of methoxy groups -OCH3 is 1. The van der Waals surface area contributed by atoms with Crippen LogP contribution >= 0.6 is 11.6 Å². The lowest BCUT2D eigenvalue weighted by molar-refractivity contribution is 0.284. The van der Waals surface area contributed by atoms with E-state index in [0.717, 1.165) is 24.2 Å². The summed E-state index contributed by atoms with van der Waals surface area (Å²) < 4.78 is 11.4. The maximum atomic E-state index is 6.46. The van der Waals surface area contributed by atoms with Crippen LogP contribution in [0.1, 0.15) is 56.6 Å². The molecule has 0 saturated carbocycles. The third kappa shape index (κ3) is 7.82. The van der Waals surface area contributed by atoms with E-state index in [0.29, 0.717) is 23.1 Å². The Labute approximate surface area is 169 Å². The van der Waals surface area contributed by atoms with Crippen molar-refractivity contribution in [1.82, 2.24) is 5.32 Å². The largest absolute Gasteiger partial charge is 0.493 e. The molecule has 0 aliphatic carbocycles. The highest BCUT2D eigenvalue weighted by Gasteiger charge is 2.12. The molecule has 2 aromatic rings. The van der Waals surface area contributed by atoms with Gasteiger partial charge in [0.05, 0.1) is 12.1 Å². The number of hydrogen-bond donors (Lipinski definition) is 1. The van der Waals surface area contributed by atoms with Crippen molar-refractivity contribution in [2.24, 2.45) is 0 Å². The molecule has 0 aliphatic heterocycles. The van der Waals surface area contributed by atoms with E-state index in [1.54, 1.807) is 7.11 Å². The molecule has 148 valence electrons. The third-order valence-corrected chi connectivity index (χ3v) is 4.83. The molecule has 0 fully saturated rings. The number of unbranched alkanes of at least 4 members (excludes halogenated alkanes) is 5. The van der Waals surface area contributed by atoms with Gasteiger partial charge < -0.3 is 14.8 Å². The Morgan fingerprint density at radius 3 is 2.41 bits per heavy atom. The summed E-state index contributed by atoms with van der Waals surface area (Å²) in [6, 6.07) is 14.0. The summed E-state index contributed by atoms with van der Waals surface area (Å²) in [5.74, 6) is 1.28. The number of halogens is 1. The molecule has 0 aromatic heterocycles. The molecule has 0 atom stereocenters. The van der Waals surface area contributed by atoms with E-state index in [9.17, 15) is 0 Å². The monoisotopic (exact) mass is 389 g/mol. The van der Waals surface area contributed by atoms with Crippen molar-refractivity contribution >= 4 is 11.6 Å². The van der Waals surface area contributed by atoms with Gasteiger partial charge in [0.2, 0.25) is 0 Å². The highest BCUT2D eigenvalue weighted by molar-refractivity contribution is 6.32. The van der Waals surface area contributed by atoms with Gasteiger partial charge in [0.1, 0.15) is 6.61 Å². The third-order valence-electron chi connectivity index (χ3n) is 4.55. The molecule has 0 unspecified atom stereocenters. The van der Waals surface area contributed by atoms with Crippen LogP contribution in [0.3, 0.4) is 0 Å². The minimum absolute atomic E-state index is 0.465. The second kappa shape index (κ2) is 12.6. The molecule has 0 amide bonds. The van der Waals surface area contributed by atoms with E-state index < -0.39 is 0 Å². The standard InChI is InChI=1S/C23H32ClNO2/c1-3-4-5-6-7-11-14-25-17-20-15-21(24)23(22(16-20)26-2)27-18-19-12-9-8-10-13-19/h8-10,12-13,15-16,25H,3-7,11,14,17-18H2,1-2H3. The Balaban J connectivity index is 1.82. The van der Waals surface area contributed by atoms with Crippen molar-refractivity contribution in [2.45, 2.75) is 58.6 Å². The zero-order valence-corrected chi connectivity index (χ0v) is 17.4. The average Bonchev–Trinajstić information content (AvgIpc) is 2.69. The zero-order valence-electron chi connectivity index (χ0n) is 16.6. The van der Waals surface area contributed by atoms with E-state index in [2.05, 4.69) is 12.2 Å². The van der Waals surface area contributed by atoms with Crippen LogP contribution < -0.4 is 14.8 Å². The lowest BCUT2D eigenvalue weighted by atomic mass is 10.1. The van der Waals surface area contributed by atoms with Crippen LogP contribution in [0.2, 0.25) is 5.02 Å². The predicted octanol–water partition coefficient (Wildman–Crippen LogP) is 6.38. The molecule has 0 aliphatic rings. The van der Waals surface area contributed by atoms with Crippen molar-refractivity contribution in [3.8, 4) is 11.5 Å². The van der Waals surface area contributed by atoms with Crippen molar-refractivity contribution in [3.63, 3.8) is 0 Å². The molecular formula is C23H32ClNO2. The minimum Gasteiger partial charge on any atom is -0.493 e. The van der Waals surface area contributed by atoms with Gasteiger partial charge in [-0.05, 0) is 36.2 Å². The lowest BCUT2D eigenvalue weighted by Crippen LogP contribution is -2.14. The fourth-order valence-corrected chi connectivity index (χ4v) is 3.30. The van der Waals surface area contributed by atoms with Crippen molar-refractivity contribution in [2.75, 3.05) is 13.7 Å². The van der Waals surface area contributed by atoms with Gasteiger partial charge in [-0.15, -0.1) is 0 Å². The first-order chi connectivity index (χ1) is 13.2. The van der Waals surface area contributed by atoms with Gasteiger partial charge in [0, 0.05) is 6.54 Å². The molecule has 0 bridgehead atoms. The Bertz CT molecular complexity index is 661. The molecule has 0 heterocycles. The quantitative estimate of drug-likeness (QED) is 0.403. The van der Waals surface area contributed by atoms with Crippen molar-refractivity contribution in [1.29, 1.82) is 0 Å². The molecule has 0 radical (unpaired) electrons. The second-order valence-corrected chi connectivity index (χ2v) is 7.24. The average molecular weight is 390 g/mol. The first-order valence-corrected chi connectivity index (χ1v) is 10.4. The fourth-order valence-electron chi connectivity index (χ4n) is 3.01. The first kappa shape index (κ1) is 21.6. The highest BCUT2D eigenvalue weighted by Crippen LogP contribution is 2.37. The van der Waals surface area contributed by atoms with Gasteiger partial charge >= 0.3 is 0 Å². The van der Waals surface area contributed by atoms with Crippen LogP contribution in [0.25, 0.3) is 0 Å². The molecule has 27 heavy (non-hydrogen) atoms. The minimum atomic E-state index is 0.465. The van der Waals surface area contributed by atoms with Gasteiger partial charge in [-0.25, -0.2) is 0 Å². The summed E-state index contributed by atoms with van der Waals surface area (Å²) in [4.78, 5) is 0.